The smallest absolute Gasteiger partial charge is 0.323 e. The predicted molar refractivity (Wildman–Crippen MR) is 65.5 cm³/mol. The Kier molecular flexibility index (Phi) is 4.81. The first-order valence-electron chi connectivity index (χ1n) is 5.04. The zero-order chi connectivity index (χ0) is 15.4. The highest BCUT2D eigenvalue weighted by molar-refractivity contribution is 6.31. The molecule has 108 valence electrons. The van der Waals surface area contributed by atoms with Gasteiger partial charge >= 0.3 is 11.9 Å². The summed E-state index contributed by atoms with van der Waals surface area (Å²) in [6.45, 7) is -1.62. The van der Waals surface area contributed by atoms with E-state index in [1.165, 1.54) is 0 Å². The molecule has 0 radical (unpaired) electrons. The van der Waals surface area contributed by atoms with Gasteiger partial charge in [-0.15, -0.1) is 0 Å². The Hall–Kier alpha value is -2.42. The van der Waals surface area contributed by atoms with Gasteiger partial charge in [-0.2, -0.15) is 0 Å². The Morgan fingerprint density at radius 1 is 1.30 bits per heavy atom. The number of aliphatic carboxylic acids is 2. The van der Waals surface area contributed by atoms with E-state index in [0.717, 1.165) is 6.07 Å². The number of benzene rings is 1. The van der Waals surface area contributed by atoms with Crippen molar-refractivity contribution in [2.75, 3.05) is 18.0 Å². The van der Waals surface area contributed by atoms with E-state index in [4.69, 9.17) is 21.8 Å². The topological polar surface area (TPSA) is 121 Å². The minimum atomic E-state index is -1.40. The van der Waals surface area contributed by atoms with Gasteiger partial charge in [-0.3, -0.25) is 19.7 Å². The molecule has 1 aromatic rings. The molecule has 10 heteroatoms. The van der Waals surface area contributed by atoms with Crippen LogP contribution >= 0.6 is 11.6 Å². The SMILES string of the molecule is O=C(O)CN(CC(=O)O)c1cc(Cl)c(F)cc1[N+](=O)[O-]. The lowest BCUT2D eigenvalue weighted by atomic mass is 10.2. The summed E-state index contributed by atoms with van der Waals surface area (Å²) in [6.07, 6.45) is 0. The standard InChI is InChI=1S/C10H8ClFN2O6/c11-5-1-7(8(14(19)20)2-6(5)12)13(3-9(15)16)4-10(17)18/h1-2H,3-4H2,(H,15,16)(H,17,18). The Morgan fingerprint density at radius 3 is 2.20 bits per heavy atom. The van der Waals surface area contributed by atoms with E-state index in [-0.39, 0.29) is 5.69 Å². The summed E-state index contributed by atoms with van der Waals surface area (Å²) in [6, 6.07) is 1.33. The van der Waals surface area contributed by atoms with E-state index in [9.17, 15) is 24.1 Å². The summed E-state index contributed by atoms with van der Waals surface area (Å²) in [5, 5.41) is 27.8. The third kappa shape index (κ3) is 3.79. The molecule has 0 aromatic heterocycles. The highest BCUT2D eigenvalue weighted by Crippen LogP contribution is 2.33. The molecule has 0 spiro atoms. The van der Waals surface area contributed by atoms with Gasteiger partial charge in [-0.05, 0) is 6.07 Å². The van der Waals surface area contributed by atoms with E-state index in [0.29, 0.717) is 11.0 Å². The number of hydrogen-bond donors (Lipinski definition) is 2. The lowest BCUT2D eigenvalue weighted by molar-refractivity contribution is -0.384. The maximum atomic E-state index is 13.2. The second kappa shape index (κ2) is 6.15. The Morgan fingerprint density at radius 2 is 1.80 bits per heavy atom. The van der Waals surface area contributed by atoms with Crippen LogP contribution in [-0.2, 0) is 9.59 Å². The van der Waals surface area contributed by atoms with Crippen LogP contribution in [0, 0.1) is 15.9 Å². The van der Waals surface area contributed by atoms with Crippen molar-refractivity contribution in [1.29, 1.82) is 0 Å². The fourth-order valence-electron chi connectivity index (χ4n) is 1.48. The maximum absolute atomic E-state index is 13.2. The van der Waals surface area contributed by atoms with Crippen LogP contribution in [0.25, 0.3) is 0 Å². The largest absolute Gasteiger partial charge is 0.480 e. The average Bonchev–Trinajstić information content (AvgIpc) is 2.29. The number of nitro groups is 1. The highest BCUT2D eigenvalue weighted by atomic mass is 35.5. The van der Waals surface area contributed by atoms with Crippen molar-refractivity contribution < 1.29 is 29.1 Å². The lowest BCUT2D eigenvalue weighted by Crippen LogP contribution is -2.35. The van der Waals surface area contributed by atoms with Gasteiger partial charge in [0, 0.05) is 0 Å². The van der Waals surface area contributed by atoms with Crippen molar-refractivity contribution in [2.24, 2.45) is 0 Å². The van der Waals surface area contributed by atoms with Gasteiger partial charge in [0.2, 0.25) is 0 Å². The second-order valence-electron chi connectivity index (χ2n) is 3.66. The summed E-state index contributed by atoms with van der Waals surface area (Å²) >= 11 is 5.49. The van der Waals surface area contributed by atoms with Gasteiger partial charge < -0.3 is 15.1 Å². The maximum Gasteiger partial charge on any atom is 0.323 e. The van der Waals surface area contributed by atoms with Gasteiger partial charge in [0.25, 0.3) is 5.69 Å². The van der Waals surface area contributed by atoms with Crippen molar-refractivity contribution in [3.05, 3.63) is 33.1 Å². The first-order chi connectivity index (χ1) is 9.22. The van der Waals surface area contributed by atoms with Crippen LogP contribution in [0.1, 0.15) is 0 Å². The molecule has 1 aromatic carbocycles. The molecule has 2 N–H and O–H groups in total. The lowest BCUT2D eigenvalue weighted by Gasteiger charge is -2.20. The van der Waals surface area contributed by atoms with E-state index in [1.807, 2.05) is 0 Å². The molecule has 0 unspecified atom stereocenters. The summed E-state index contributed by atoms with van der Waals surface area (Å²) in [4.78, 5) is 32.0. The van der Waals surface area contributed by atoms with Crippen LogP contribution in [0.5, 0.6) is 0 Å². The van der Waals surface area contributed by atoms with Crippen LogP contribution in [0.15, 0.2) is 12.1 Å². The molecule has 0 aliphatic heterocycles. The van der Waals surface area contributed by atoms with E-state index in [2.05, 4.69) is 0 Å². The van der Waals surface area contributed by atoms with Crippen LogP contribution in [-0.4, -0.2) is 40.2 Å². The minimum absolute atomic E-state index is 0.383. The van der Waals surface area contributed by atoms with Crippen molar-refractivity contribution in [3.8, 4) is 0 Å². The molecule has 0 saturated heterocycles. The van der Waals surface area contributed by atoms with Crippen LogP contribution in [0.4, 0.5) is 15.8 Å². The zero-order valence-corrected chi connectivity index (χ0v) is 10.5. The van der Waals surface area contributed by atoms with Gasteiger partial charge in [0.15, 0.2) is 0 Å². The van der Waals surface area contributed by atoms with Crippen molar-refractivity contribution >= 4 is 34.9 Å². The first-order valence-corrected chi connectivity index (χ1v) is 5.42. The van der Waals surface area contributed by atoms with Crippen molar-refractivity contribution in [3.63, 3.8) is 0 Å². The number of rotatable bonds is 6. The molecule has 1 rings (SSSR count). The Balaban J connectivity index is 3.36. The summed E-state index contributed by atoms with van der Waals surface area (Å²) < 4.78 is 13.2. The van der Waals surface area contributed by atoms with Gasteiger partial charge in [0.1, 0.15) is 24.6 Å². The number of carbonyl (C=O) groups is 2. The molecule has 20 heavy (non-hydrogen) atoms. The first kappa shape index (κ1) is 15.6. The van der Waals surface area contributed by atoms with Crippen molar-refractivity contribution in [2.45, 2.75) is 0 Å². The molecule has 0 amide bonds. The van der Waals surface area contributed by atoms with Gasteiger partial charge in [-0.1, -0.05) is 11.6 Å². The number of halogens is 2. The normalized spacial score (nSPS) is 10.1. The number of carboxylic acids is 2. The van der Waals surface area contributed by atoms with E-state index >= 15 is 0 Å². The van der Waals surface area contributed by atoms with Gasteiger partial charge in [0.05, 0.1) is 16.0 Å². The molecular formula is C10H8ClFN2O6. The fourth-order valence-corrected chi connectivity index (χ4v) is 1.64. The molecule has 0 fully saturated rings. The molecular weight excluding hydrogens is 299 g/mol. The van der Waals surface area contributed by atoms with Crippen LogP contribution in [0.2, 0.25) is 5.02 Å². The summed E-state index contributed by atoms with van der Waals surface area (Å²) in [7, 11) is 0. The van der Waals surface area contributed by atoms with E-state index < -0.39 is 46.5 Å². The Labute approximate surface area is 116 Å². The third-order valence-corrected chi connectivity index (χ3v) is 2.50. The predicted octanol–water partition coefficient (Wildman–Crippen LogP) is 1.36. The molecule has 0 saturated carbocycles. The number of carboxylic acid groups (broad SMARTS) is 2. The molecule has 0 bridgehead atoms. The fraction of sp³-hybridized carbons (Fsp3) is 0.200. The number of nitro benzene ring substituents is 1. The monoisotopic (exact) mass is 306 g/mol. The van der Waals surface area contributed by atoms with Crippen molar-refractivity contribution in [1.82, 2.24) is 0 Å². The molecule has 0 aliphatic carbocycles. The summed E-state index contributed by atoms with van der Waals surface area (Å²) in [5.41, 5.74) is -1.15. The number of anilines is 1. The molecule has 8 nitrogen and oxygen atoms in total. The Bertz CT molecular complexity index is 563. The molecule has 0 atom stereocenters. The second-order valence-corrected chi connectivity index (χ2v) is 4.06. The molecule has 0 aliphatic rings. The highest BCUT2D eigenvalue weighted by Gasteiger charge is 2.25. The van der Waals surface area contributed by atoms with Gasteiger partial charge in [-0.25, -0.2) is 4.39 Å². The molecule has 0 heterocycles. The quantitative estimate of drug-likeness (QED) is 0.601. The van der Waals surface area contributed by atoms with Crippen LogP contribution in [0.3, 0.4) is 0 Å². The third-order valence-electron chi connectivity index (χ3n) is 2.21. The minimum Gasteiger partial charge on any atom is -0.480 e. The average molecular weight is 307 g/mol. The zero-order valence-electron chi connectivity index (χ0n) is 9.75. The number of nitrogens with zero attached hydrogens (tertiary/aromatic N) is 2. The van der Waals surface area contributed by atoms with E-state index in [1.54, 1.807) is 0 Å². The van der Waals surface area contributed by atoms with Crippen LogP contribution < -0.4 is 4.90 Å². The summed E-state index contributed by atoms with van der Waals surface area (Å²) in [5.74, 6) is -3.87. The number of hydrogen-bond acceptors (Lipinski definition) is 5.